The van der Waals surface area contributed by atoms with Gasteiger partial charge in [-0.1, -0.05) is 19.1 Å². The van der Waals surface area contributed by atoms with Gasteiger partial charge in [-0.2, -0.15) is 0 Å². The van der Waals surface area contributed by atoms with Gasteiger partial charge in [0.05, 0.1) is 11.4 Å². The first kappa shape index (κ1) is 20.3. The molecule has 1 aromatic carbocycles. The number of fused-ring (bicyclic) bond motifs is 1. The molecule has 0 bridgehead atoms. The lowest BCUT2D eigenvalue weighted by atomic mass is 9.99. The number of carbonyl (C=O) groups excluding carboxylic acids is 3. The van der Waals surface area contributed by atoms with E-state index < -0.39 is 0 Å². The monoisotopic (exact) mass is 386 g/mol. The zero-order chi connectivity index (χ0) is 19.9. The minimum Gasteiger partial charge on any atom is -0.356 e. The Morgan fingerprint density at radius 2 is 1.93 bits per heavy atom. The van der Waals surface area contributed by atoms with Crippen molar-refractivity contribution in [1.29, 1.82) is 0 Å². The maximum absolute atomic E-state index is 12.5. The van der Waals surface area contributed by atoms with Gasteiger partial charge in [0.2, 0.25) is 17.7 Å². The smallest absolute Gasteiger partial charge is 0.244 e. The fourth-order valence-electron chi connectivity index (χ4n) is 3.72. The van der Waals surface area contributed by atoms with Crippen molar-refractivity contribution in [3.63, 3.8) is 0 Å². The lowest BCUT2D eigenvalue weighted by Gasteiger charge is -2.30. The molecular weight excluding hydrogens is 356 g/mol. The Hall–Kier alpha value is -2.41. The van der Waals surface area contributed by atoms with Gasteiger partial charge in [0, 0.05) is 19.4 Å². The SMILES string of the molecule is CC1CCN(CCCNC(=O)CCC(=O)N2CC(=O)Nc3ccccc32)CC1. The van der Waals surface area contributed by atoms with Gasteiger partial charge in [-0.3, -0.25) is 14.4 Å². The second-order valence-electron chi connectivity index (χ2n) is 7.77. The molecular formula is C21H30N4O3. The van der Waals surface area contributed by atoms with Crippen molar-refractivity contribution < 1.29 is 14.4 Å². The molecule has 0 unspecified atom stereocenters. The molecule has 2 aliphatic heterocycles. The van der Waals surface area contributed by atoms with Crippen molar-refractivity contribution in [3.8, 4) is 0 Å². The fraction of sp³-hybridized carbons (Fsp3) is 0.571. The second kappa shape index (κ2) is 9.68. The summed E-state index contributed by atoms with van der Waals surface area (Å²) in [6.45, 7) is 6.22. The van der Waals surface area contributed by atoms with Gasteiger partial charge in [0.25, 0.3) is 0 Å². The molecule has 0 spiro atoms. The summed E-state index contributed by atoms with van der Waals surface area (Å²) in [6.07, 6.45) is 3.67. The molecule has 7 heteroatoms. The Balaban J connectivity index is 1.36. The number of hydrogen-bond donors (Lipinski definition) is 2. The molecule has 1 saturated heterocycles. The number of anilines is 2. The quantitative estimate of drug-likeness (QED) is 0.702. The predicted molar refractivity (Wildman–Crippen MR) is 109 cm³/mol. The Morgan fingerprint density at radius 1 is 1.18 bits per heavy atom. The van der Waals surface area contributed by atoms with Gasteiger partial charge in [-0.25, -0.2) is 0 Å². The average molecular weight is 386 g/mol. The van der Waals surface area contributed by atoms with Crippen LogP contribution in [0.2, 0.25) is 0 Å². The molecule has 1 aromatic rings. The van der Waals surface area contributed by atoms with Crippen LogP contribution in [0.4, 0.5) is 11.4 Å². The van der Waals surface area contributed by atoms with Crippen LogP contribution in [-0.4, -0.2) is 55.3 Å². The van der Waals surface area contributed by atoms with E-state index in [4.69, 9.17) is 0 Å². The molecule has 2 aliphatic rings. The van der Waals surface area contributed by atoms with Crippen molar-refractivity contribution in [1.82, 2.24) is 10.2 Å². The topological polar surface area (TPSA) is 81.8 Å². The first-order valence-corrected chi connectivity index (χ1v) is 10.2. The van der Waals surface area contributed by atoms with Gasteiger partial charge in [-0.15, -0.1) is 0 Å². The molecule has 0 saturated carbocycles. The zero-order valence-corrected chi connectivity index (χ0v) is 16.6. The third-order valence-corrected chi connectivity index (χ3v) is 5.49. The molecule has 28 heavy (non-hydrogen) atoms. The molecule has 2 N–H and O–H groups in total. The Labute approximate surface area is 166 Å². The van der Waals surface area contributed by atoms with Crippen LogP contribution in [-0.2, 0) is 14.4 Å². The highest BCUT2D eigenvalue weighted by atomic mass is 16.2. The second-order valence-corrected chi connectivity index (χ2v) is 7.77. The number of benzene rings is 1. The van der Waals surface area contributed by atoms with Crippen LogP contribution in [0.15, 0.2) is 24.3 Å². The molecule has 7 nitrogen and oxygen atoms in total. The lowest BCUT2D eigenvalue weighted by molar-refractivity contribution is -0.125. The number of carbonyl (C=O) groups is 3. The molecule has 0 aliphatic carbocycles. The van der Waals surface area contributed by atoms with E-state index in [2.05, 4.69) is 22.5 Å². The third-order valence-electron chi connectivity index (χ3n) is 5.49. The summed E-state index contributed by atoms with van der Waals surface area (Å²) >= 11 is 0. The Bertz CT molecular complexity index is 713. The van der Waals surface area contributed by atoms with E-state index in [9.17, 15) is 14.4 Å². The summed E-state index contributed by atoms with van der Waals surface area (Å²) in [5, 5.41) is 5.66. The number of amides is 3. The van der Waals surface area contributed by atoms with E-state index in [1.165, 1.54) is 17.7 Å². The summed E-state index contributed by atoms with van der Waals surface area (Å²) in [7, 11) is 0. The molecule has 1 fully saturated rings. The molecule has 3 rings (SSSR count). The number of para-hydroxylation sites is 2. The first-order chi connectivity index (χ1) is 13.5. The van der Waals surface area contributed by atoms with Crippen molar-refractivity contribution in [2.75, 3.05) is 42.9 Å². The van der Waals surface area contributed by atoms with Crippen LogP contribution in [0.5, 0.6) is 0 Å². The van der Waals surface area contributed by atoms with E-state index in [1.807, 2.05) is 12.1 Å². The number of piperidine rings is 1. The third kappa shape index (κ3) is 5.55. The standard InChI is InChI=1S/C21H30N4O3/c1-16-9-13-24(14-10-16)12-4-11-22-19(26)7-8-21(28)25-15-20(27)23-17-5-2-3-6-18(17)25/h2-3,5-6,16H,4,7-15H2,1H3,(H,22,26)(H,23,27). The summed E-state index contributed by atoms with van der Waals surface area (Å²) in [4.78, 5) is 40.3. The van der Waals surface area contributed by atoms with Gasteiger partial charge >= 0.3 is 0 Å². The van der Waals surface area contributed by atoms with Gasteiger partial charge in [0.15, 0.2) is 0 Å². The lowest BCUT2D eigenvalue weighted by Crippen LogP contribution is -2.42. The fourth-order valence-corrected chi connectivity index (χ4v) is 3.72. The highest BCUT2D eigenvalue weighted by molar-refractivity contribution is 6.10. The van der Waals surface area contributed by atoms with Crippen LogP contribution in [0.3, 0.4) is 0 Å². The van der Waals surface area contributed by atoms with E-state index in [0.717, 1.165) is 32.0 Å². The van der Waals surface area contributed by atoms with Gasteiger partial charge < -0.3 is 20.4 Å². The van der Waals surface area contributed by atoms with Crippen LogP contribution < -0.4 is 15.5 Å². The highest BCUT2D eigenvalue weighted by Crippen LogP contribution is 2.29. The predicted octanol–water partition coefficient (Wildman–Crippen LogP) is 1.99. The molecule has 2 heterocycles. The van der Waals surface area contributed by atoms with Gasteiger partial charge in [-0.05, 0) is 56.9 Å². The van der Waals surface area contributed by atoms with E-state index in [-0.39, 0.29) is 37.1 Å². The number of likely N-dealkylation sites (tertiary alicyclic amines) is 1. The van der Waals surface area contributed by atoms with Gasteiger partial charge in [0.1, 0.15) is 6.54 Å². The molecule has 0 aromatic heterocycles. The first-order valence-electron chi connectivity index (χ1n) is 10.2. The zero-order valence-electron chi connectivity index (χ0n) is 16.6. The van der Waals surface area contributed by atoms with Crippen molar-refractivity contribution in [3.05, 3.63) is 24.3 Å². The number of nitrogens with zero attached hydrogens (tertiary/aromatic N) is 2. The maximum Gasteiger partial charge on any atom is 0.244 e. The molecule has 0 atom stereocenters. The van der Waals surface area contributed by atoms with E-state index >= 15 is 0 Å². The van der Waals surface area contributed by atoms with Crippen LogP contribution in [0.25, 0.3) is 0 Å². The van der Waals surface area contributed by atoms with Crippen molar-refractivity contribution >= 4 is 29.1 Å². The van der Waals surface area contributed by atoms with E-state index in [1.54, 1.807) is 12.1 Å². The molecule has 152 valence electrons. The normalized spacial score (nSPS) is 17.8. The summed E-state index contributed by atoms with van der Waals surface area (Å²) in [6, 6.07) is 7.20. The Kier molecular flexibility index (Phi) is 7.03. The van der Waals surface area contributed by atoms with E-state index in [0.29, 0.717) is 17.9 Å². The number of hydrogen-bond acceptors (Lipinski definition) is 4. The minimum atomic E-state index is -0.219. The van der Waals surface area contributed by atoms with Crippen LogP contribution in [0.1, 0.15) is 39.0 Å². The van der Waals surface area contributed by atoms with Crippen LogP contribution >= 0.6 is 0 Å². The van der Waals surface area contributed by atoms with Crippen molar-refractivity contribution in [2.45, 2.75) is 39.0 Å². The highest BCUT2D eigenvalue weighted by Gasteiger charge is 2.26. The summed E-state index contributed by atoms with van der Waals surface area (Å²) < 4.78 is 0. The number of rotatable bonds is 7. The molecule has 0 radical (unpaired) electrons. The van der Waals surface area contributed by atoms with Crippen LogP contribution in [0, 0.1) is 5.92 Å². The minimum absolute atomic E-state index is 0.00802. The summed E-state index contributed by atoms with van der Waals surface area (Å²) in [5.41, 5.74) is 1.31. The maximum atomic E-state index is 12.5. The average Bonchev–Trinajstić information content (AvgIpc) is 2.70. The summed E-state index contributed by atoms with van der Waals surface area (Å²) in [5.74, 6) is 0.283. The van der Waals surface area contributed by atoms with Crippen molar-refractivity contribution in [2.24, 2.45) is 5.92 Å². The number of nitrogens with one attached hydrogen (secondary N) is 2. The molecule has 3 amide bonds. The largest absolute Gasteiger partial charge is 0.356 e. The Morgan fingerprint density at radius 3 is 2.71 bits per heavy atom.